The fourth-order valence-corrected chi connectivity index (χ4v) is 2.55. The highest BCUT2D eigenvalue weighted by atomic mass is 16.6. The number of aryl methyl sites for hydroxylation is 1. The zero-order chi connectivity index (χ0) is 14.8. The van der Waals surface area contributed by atoms with Crippen molar-refractivity contribution in [3.8, 4) is 0 Å². The van der Waals surface area contributed by atoms with E-state index < -0.39 is 6.10 Å². The summed E-state index contributed by atoms with van der Waals surface area (Å²) in [6.45, 7) is 3.74. The molecule has 0 radical (unpaired) electrons. The molecule has 3 rings (SSSR count). The van der Waals surface area contributed by atoms with Crippen molar-refractivity contribution in [2.75, 3.05) is 31.2 Å². The Morgan fingerprint density at radius 2 is 2.38 bits per heavy atom. The van der Waals surface area contributed by atoms with Crippen LogP contribution < -0.4 is 4.90 Å². The number of anilines is 1. The molecule has 0 amide bonds. The molecule has 0 N–H and O–H groups in total. The summed E-state index contributed by atoms with van der Waals surface area (Å²) in [5.74, 6) is 0.504. The minimum absolute atomic E-state index is 0.320. The molecule has 21 heavy (non-hydrogen) atoms. The molecule has 1 aliphatic heterocycles. The van der Waals surface area contributed by atoms with E-state index in [1.165, 1.54) is 0 Å². The van der Waals surface area contributed by atoms with Crippen LogP contribution in [-0.2, 0) is 21.3 Å². The summed E-state index contributed by atoms with van der Waals surface area (Å²) in [6, 6.07) is 1.95. The lowest BCUT2D eigenvalue weighted by Crippen LogP contribution is -2.47. The molecule has 1 fully saturated rings. The lowest BCUT2D eigenvalue weighted by Gasteiger charge is -2.32. The Kier molecular flexibility index (Phi) is 3.74. The third kappa shape index (κ3) is 2.56. The highest BCUT2D eigenvalue weighted by Crippen LogP contribution is 2.24. The van der Waals surface area contributed by atoms with Crippen LogP contribution in [0.1, 0.15) is 6.92 Å². The number of nitrogens with zero attached hydrogens (tertiary/aromatic N) is 4. The Hall–Kier alpha value is -2.15. The maximum atomic E-state index is 11.8. The van der Waals surface area contributed by atoms with Crippen molar-refractivity contribution in [3.05, 3.63) is 18.6 Å². The van der Waals surface area contributed by atoms with Crippen LogP contribution in [0, 0.1) is 0 Å². The summed E-state index contributed by atoms with van der Waals surface area (Å²) in [5, 5.41) is 0. The molecule has 3 heterocycles. The zero-order valence-corrected chi connectivity index (χ0v) is 12.2. The second-order valence-corrected chi connectivity index (χ2v) is 4.92. The number of rotatable bonds is 3. The van der Waals surface area contributed by atoms with Gasteiger partial charge in [-0.1, -0.05) is 0 Å². The number of esters is 1. The maximum absolute atomic E-state index is 11.8. The van der Waals surface area contributed by atoms with Gasteiger partial charge in [-0.3, -0.25) is 0 Å². The predicted octanol–water partition coefficient (Wildman–Crippen LogP) is 0.737. The second-order valence-electron chi connectivity index (χ2n) is 4.92. The van der Waals surface area contributed by atoms with Crippen LogP contribution >= 0.6 is 0 Å². The molecule has 7 nitrogen and oxygen atoms in total. The number of hydrogen-bond donors (Lipinski definition) is 0. The van der Waals surface area contributed by atoms with E-state index in [1.807, 2.05) is 23.9 Å². The van der Waals surface area contributed by atoms with E-state index in [-0.39, 0.29) is 5.97 Å². The Morgan fingerprint density at radius 3 is 3.19 bits per heavy atom. The first-order chi connectivity index (χ1) is 10.2. The minimum Gasteiger partial charge on any atom is -0.464 e. The molecule has 0 aliphatic carbocycles. The molecular weight excluding hydrogens is 272 g/mol. The Morgan fingerprint density at radius 1 is 1.52 bits per heavy atom. The van der Waals surface area contributed by atoms with E-state index in [1.54, 1.807) is 13.3 Å². The number of fused-ring (bicyclic) bond motifs is 1. The van der Waals surface area contributed by atoms with Gasteiger partial charge in [0, 0.05) is 19.8 Å². The third-order valence-electron chi connectivity index (χ3n) is 3.56. The van der Waals surface area contributed by atoms with Crippen molar-refractivity contribution < 1.29 is 14.3 Å². The van der Waals surface area contributed by atoms with Crippen LogP contribution in [0.15, 0.2) is 18.6 Å². The molecule has 0 aromatic carbocycles. The molecule has 0 spiro atoms. The molecule has 1 saturated heterocycles. The van der Waals surface area contributed by atoms with Crippen LogP contribution in [0.25, 0.3) is 11.0 Å². The first-order valence-electron chi connectivity index (χ1n) is 7.00. The van der Waals surface area contributed by atoms with Gasteiger partial charge in [0.2, 0.25) is 0 Å². The normalized spacial score (nSPS) is 19.0. The molecular formula is C14H18N4O3. The predicted molar refractivity (Wildman–Crippen MR) is 77.1 cm³/mol. The van der Waals surface area contributed by atoms with Gasteiger partial charge in [0.15, 0.2) is 11.9 Å². The average molecular weight is 290 g/mol. The van der Waals surface area contributed by atoms with Gasteiger partial charge in [-0.2, -0.15) is 0 Å². The smallest absolute Gasteiger partial charge is 0.337 e. The van der Waals surface area contributed by atoms with Gasteiger partial charge in [0.05, 0.1) is 25.3 Å². The van der Waals surface area contributed by atoms with Gasteiger partial charge in [-0.05, 0) is 13.0 Å². The topological polar surface area (TPSA) is 69.5 Å². The van der Waals surface area contributed by atoms with Gasteiger partial charge < -0.3 is 18.9 Å². The fraction of sp³-hybridized carbons (Fsp3) is 0.500. The summed E-state index contributed by atoms with van der Waals surface area (Å²) >= 11 is 0. The van der Waals surface area contributed by atoms with Gasteiger partial charge >= 0.3 is 5.97 Å². The fourth-order valence-electron chi connectivity index (χ4n) is 2.55. The van der Waals surface area contributed by atoms with E-state index in [4.69, 9.17) is 9.47 Å². The van der Waals surface area contributed by atoms with Gasteiger partial charge in [-0.15, -0.1) is 0 Å². The Labute approximate surface area is 122 Å². The van der Waals surface area contributed by atoms with Crippen LogP contribution in [0.3, 0.4) is 0 Å². The minimum atomic E-state index is -0.566. The van der Waals surface area contributed by atoms with Crippen molar-refractivity contribution in [2.24, 2.45) is 7.05 Å². The second kappa shape index (κ2) is 5.69. The van der Waals surface area contributed by atoms with Crippen molar-refractivity contribution in [3.63, 3.8) is 0 Å². The lowest BCUT2D eigenvalue weighted by atomic mass is 10.2. The van der Waals surface area contributed by atoms with E-state index in [9.17, 15) is 4.79 Å². The molecule has 1 aliphatic rings. The third-order valence-corrected chi connectivity index (χ3v) is 3.56. The summed E-state index contributed by atoms with van der Waals surface area (Å²) < 4.78 is 12.5. The van der Waals surface area contributed by atoms with E-state index >= 15 is 0 Å². The summed E-state index contributed by atoms with van der Waals surface area (Å²) in [4.78, 5) is 22.5. The number of ether oxygens (including phenoxy) is 2. The van der Waals surface area contributed by atoms with E-state index in [0.717, 1.165) is 16.9 Å². The first-order valence-corrected chi connectivity index (χ1v) is 7.00. The number of carbonyl (C=O) groups excluding carboxylic acids is 1. The number of hydrogen-bond acceptors (Lipinski definition) is 6. The number of carbonyl (C=O) groups is 1. The molecule has 2 aromatic heterocycles. The summed E-state index contributed by atoms with van der Waals surface area (Å²) in [5.41, 5.74) is 1.85. The zero-order valence-electron chi connectivity index (χ0n) is 12.2. The van der Waals surface area contributed by atoms with Crippen molar-refractivity contribution >= 4 is 22.8 Å². The quantitative estimate of drug-likeness (QED) is 0.776. The number of aromatic nitrogens is 3. The van der Waals surface area contributed by atoms with E-state index in [2.05, 4.69) is 14.9 Å². The van der Waals surface area contributed by atoms with Crippen LogP contribution in [-0.4, -0.2) is 52.9 Å². The highest BCUT2D eigenvalue weighted by Gasteiger charge is 2.29. The molecule has 7 heteroatoms. The Balaban J connectivity index is 1.88. The van der Waals surface area contributed by atoms with E-state index in [0.29, 0.717) is 26.3 Å². The van der Waals surface area contributed by atoms with Crippen LogP contribution in [0.2, 0.25) is 0 Å². The molecule has 0 bridgehead atoms. The molecule has 1 atom stereocenters. The summed E-state index contributed by atoms with van der Waals surface area (Å²) in [7, 11) is 1.96. The number of morpholine rings is 1. The average Bonchev–Trinajstić information content (AvgIpc) is 2.89. The van der Waals surface area contributed by atoms with Gasteiger partial charge in [0.25, 0.3) is 0 Å². The van der Waals surface area contributed by atoms with Crippen LogP contribution in [0.5, 0.6) is 0 Å². The SMILES string of the molecule is CCOC(=O)C1CN(c2ncnc3ccn(C)c23)CCO1. The van der Waals surface area contributed by atoms with Gasteiger partial charge in [-0.25, -0.2) is 14.8 Å². The molecule has 0 saturated carbocycles. The van der Waals surface area contributed by atoms with Crippen molar-refractivity contribution in [2.45, 2.75) is 13.0 Å². The van der Waals surface area contributed by atoms with Crippen molar-refractivity contribution in [1.29, 1.82) is 0 Å². The van der Waals surface area contributed by atoms with Crippen molar-refractivity contribution in [1.82, 2.24) is 14.5 Å². The maximum Gasteiger partial charge on any atom is 0.337 e. The summed E-state index contributed by atoms with van der Waals surface area (Å²) in [6.07, 6.45) is 2.93. The molecule has 112 valence electrons. The largest absolute Gasteiger partial charge is 0.464 e. The van der Waals surface area contributed by atoms with Gasteiger partial charge in [0.1, 0.15) is 11.8 Å². The lowest BCUT2D eigenvalue weighted by molar-refractivity contribution is -0.157. The highest BCUT2D eigenvalue weighted by molar-refractivity contribution is 5.87. The monoisotopic (exact) mass is 290 g/mol. The molecule has 1 unspecified atom stereocenters. The Bertz CT molecular complexity index is 655. The standard InChI is InChI=1S/C14H18N4O3/c1-3-20-14(19)11-8-18(6-7-21-11)13-12-10(15-9-16-13)4-5-17(12)2/h4-5,9,11H,3,6-8H2,1-2H3. The molecule has 2 aromatic rings. The van der Waals surface area contributed by atoms with Crippen LogP contribution in [0.4, 0.5) is 5.82 Å². The first kappa shape index (κ1) is 13.8.